The summed E-state index contributed by atoms with van der Waals surface area (Å²) in [6, 6.07) is 11.5. The van der Waals surface area contributed by atoms with Gasteiger partial charge >= 0.3 is 0 Å². The summed E-state index contributed by atoms with van der Waals surface area (Å²) in [4.78, 5) is 15.7. The largest absolute Gasteiger partial charge is 0.497 e. The molecule has 2 aromatic rings. The molecule has 0 fully saturated rings. The van der Waals surface area contributed by atoms with E-state index in [1.54, 1.807) is 36.4 Å². The van der Waals surface area contributed by atoms with Gasteiger partial charge in [0.25, 0.3) is 5.91 Å². The maximum atomic E-state index is 11.9. The summed E-state index contributed by atoms with van der Waals surface area (Å²) in [6.07, 6.45) is 1.40. The van der Waals surface area contributed by atoms with E-state index in [1.807, 2.05) is 0 Å². The zero-order chi connectivity index (χ0) is 13.0. The lowest BCUT2D eigenvalue weighted by Crippen LogP contribution is -2.19. The highest BCUT2D eigenvalue weighted by Crippen LogP contribution is 2.12. The molecule has 5 heteroatoms. The topological polar surface area (TPSA) is 63.8 Å². The predicted octanol–water partition coefficient (Wildman–Crippen LogP) is 1.48. The first kappa shape index (κ1) is 11.9. The minimum Gasteiger partial charge on any atom is -0.497 e. The molecule has 0 aliphatic carbocycles. The molecule has 1 aromatic heterocycles. The maximum Gasteiger partial charge on any atom is 0.279 e. The van der Waals surface area contributed by atoms with Gasteiger partial charge in [0.05, 0.1) is 7.11 Å². The molecule has 18 heavy (non-hydrogen) atoms. The normalized spacial score (nSPS) is 11.3. The Morgan fingerprint density at radius 1 is 1.28 bits per heavy atom. The maximum absolute atomic E-state index is 11.9. The second-order valence-corrected chi connectivity index (χ2v) is 3.55. The molecule has 0 saturated carbocycles. The Balaban J connectivity index is 2.38. The summed E-state index contributed by atoms with van der Waals surface area (Å²) in [5, 5.41) is 9.45. The number of pyridine rings is 1. The van der Waals surface area contributed by atoms with Crippen molar-refractivity contribution in [3.63, 3.8) is 0 Å². The number of methoxy groups -OCH3 is 1. The molecule has 2 rings (SSSR count). The van der Waals surface area contributed by atoms with E-state index in [0.717, 1.165) is 4.73 Å². The Morgan fingerprint density at radius 2 is 2.11 bits per heavy atom. The van der Waals surface area contributed by atoms with E-state index in [1.165, 1.54) is 19.4 Å². The fourth-order valence-electron chi connectivity index (χ4n) is 1.44. The first-order valence-electron chi connectivity index (χ1n) is 5.31. The van der Waals surface area contributed by atoms with Crippen molar-refractivity contribution >= 4 is 5.91 Å². The fraction of sp³-hybridized carbons (Fsp3) is 0.0769. The predicted molar refractivity (Wildman–Crippen MR) is 64.5 cm³/mol. The van der Waals surface area contributed by atoms with E-state index in [9.17, 15) is 10.0 Å². The van der Waals surface area contributed by atoms with Gasteiger partial charge in [0.15, 0.2) is 5.49 Å². The summed E-state index contributed by atoms with van der Waals surface area (Å²) >= 11 is 0. The molecular weight excluding hydrogens is 232 g/mol. The molecule has 1 aromatic carbocycles. The molecule has 0 spiro atoms. The first-order chi connectivity index (χ1) is 8.70. The van der Waals surface area contributed by atoms with Gasteiger partial charge in [-0.1, -0.05) is 12.1 Å². The monoisotopic (exact) mass is 244 g/mol. The van der Waals surface area contributed by atoms with Crippen LogP contribution in [0.15, 0.2) is 53.7 Å². The van der Waals surface area contributed by atoms with Crippen molar-refractivity contribution in [2.24, 2.45) is 4.99 Å². The molecule has 0 bridgehead atoms. The van der Waals surface area contributed by atoms with Crippen LogP contribution in [0, 0.1) is 0 Å². The molecule has 0 aliphatic rings. The van der Waals surface area contributed by atoms with Gasteiger partial charge in [0.1, 0.15) is 5.75 Å². The van der Waals surface area contributed by atoms with E-state index in [4.69, 9.17) is 4.74 Å². The minimum absolute atomic E-state index is 0.172. The van der Waals surface area contributed by atoms with E-state index >= 15 is 0 Å². The van der Waals surface area contributed by atoms with Gasteiger partial charge in [-0.25, -0.2) is 0 Å². The average Bonchev–Trinajstić information content (AvgIpc) is 2.41. The van der Waals surface area contributed by atoms with Crippen molar-refractivity contribution in [2.45, 2.75) is 0 Å². The molecule has 0 saturated heterocycles. The van der Waals surface area contributed by atoms with Gasteiger partial charge in [-0.05, 0) is 30.3 Å². The first-order valence-corrected chi connectivity index (χ1v) is 5.31. The number of hydrogen-bond donors (Lipinski definition) is 1. The Labute approximate surface area is 104 Å². The van der Waals surface area contributed by atoms with Crippen LogP contribution in [0.25, 0.3) is 0 Å². The van der Waals surface area contributed by atoms with Crippen molar-refractivity contribution < 1.29 is 14.7 Å². The SMILES string of the molecule is COc1cccc(C(=O)N=c2ccccn2O)c1. The lowest BCUT2D eigenvalue weighted by atomic mass is 10.2. The van der Waals surface area contributed by atoms with Gasteiger partial charge in [0, 0.05) is 11.8 Å². The summed E-state index contributed by atoms with van der Waals surface area (Å²) in [5.41, 5.74) is 0.573. The van der Waals surface area contributed by atoms with E-state index < -0.39 is 5.91 Å². The Kier molecular flexibility index (Phi) is 3.43. The van der Waals surface area contributed by atoms with Crippen LogP contribution in [-0.4, -0.2) is 23.0 Å². The highest BCUT2D eigenvalue weighted by molar-refractivity contribution is 5.95. The molecule has 0 radical (unpaired) electrons. The summed E-state index contributed by atoms with van der Waals surface area (Å²) in [7, 11) is 1.53. The minimum atomic E-state index is -0.442. The highest BCUT2D eigenvalue weighted by Gasteiger charge is 2.05. The van der Waals surface area contributed by atoms with Crippen LogP contribution >= 0.6 is 0 Å². The van der Waals surface area contributed by atoms with Crippen molar-refractivity contribution in [1.82, 2.24) is 4.73 Å². The van der Waals surface area contributed by atoms with Crippen molar-refractivity contribution in [3.8, 4) is 5.75 Å². The van der Waals surface area contributed by atoms with Crippen LogP contribution in [0.3, 0.4) is 0 Å². The number of ether oxygens (including phenoxy) is 1. The van der Waals surface area contributed by atoms with E-state index in [-0.39, 0.29) is 5.49 Å². The van der Waals surface area contributed by atoms with Gasteiger partial charge < -0.3 is 9.94 Å². The van der Waals surface area contributed by atoms with Crippen molar-refractivity contribution in [2.75, 3.05) is 7.11 Å². The summed E-state index contributed by atoms with van der Waals surface area (Å²) in [6.45, 7) is 0. The number of carbonyl (C=O) groups is 1. The second kappa shape index (κ2) is 5.18. The number of rotatable bonds is 2. The molecule has 5 nitrogen and oxygen atoms in total. The molecule has 0 aliphatic heterocycles. The molecular formula is C13H12N2O3. The van der Waals surface area contributed by atoms with Crippen LogP contribution < -0.4 is 10.2 Å². The highest BCUT2D eigenvalue weighted by atomic mass is 16.5. The zero-order valence-electron chi connectivity index (χ0n) is 9.78. The Morgan fingerprint density at radius 3 is 2.83 bits per heavy atom. The van der Waals surface area contributed by atoms with Gasteiger partial charge in [-0.3, -0.25) is 4.79 Å². The van der Waals surface area contributed by atoms with E-state index in [2.05, 4.69) is 4.99 Å². The number of carbonyl (C=O) groups excluding carboxylic acids is 1. The smallest absolute Gasteiger partial charge is 0.279 e. The van der Waals surface area contributed by atoms with Crippen LogP contribution in [0.2, 0.25) is 0 Å². The van der Waals surface area contributed by atoms with Crippen molar-refractivity contribution in [1.29, 1.82) is 0 Å². The van der Waals surface area contributed by atoms with Gasteiger partial charge in [-0.2, -0.15) is 9.72 Å². The molecule has 0 atom stereocenters. The van der Waals surface area contributed by atoms with Crippen LogP contribution in [0.4, 0.5) is 0 Å². The lowest BCUT2D eigenvalue weighted by molar-refractivity contribution is 0.0987. The standard InChI is InChI=1S/C13H12N2O3/c1-18-11-6-4-5-10(9-11)13(16)14-12-7-2-3-8-15(12)17/h2-9,17H,1H3. The Hall–Kier alpha value is -2.56. The second-order valence-electron chi connectivity index (χ2n) is 3.55. The van der Waals surface area contributed by atoms with Gasteiger partial charge in [0.2, 0.25) is 0 Å². The van der Waals surface area contributed by atoms with Gasteiger partial charge in [-0.15, -0.1) is 0 Å². The fourth-order valence-corrected chi connectivity index (χ4v) is 1.44. The quantitative estimate of drug-likeness (QED) is 0.814. The van der Waals surface area contributed by atoms with Crippen LogP contribution in [-0.2, 0) is 0 Å². The van der Waals surface area contributed by atoms with Crippen LogP contribution in [0.1, 0.15) is 10.4 Å². The average molecular weight is 244 g/mol. The number of benzene rings is 1. The summed E-state index contributed by atoms with van der Waals surface area (Å²) < 4.78 is 5.82. The zero-order valence-corrected chi connectivity index (χ0v) is 9.78. The molecule has 0 unspecified atom stereocenters. The third-order valence-corrected chi connectivity index (χ3v) is 2.35. The van der Waals surface area contributed by atoms with Crippen LogP contribution in [0.5, 0.6) is 5.75 Å². The number of amides is 1. The molecule has 1 heterocycles. The van der Waals surface area contributed by atoms with Crippen molar-refractivity contribution in [3.05, 3.63) is 59.7 Å². The summed E-state index contributed by atoms with van der Waals surface area (Å²) in [5.74, 6) is 0.142. The molecule has 1 amide bonds. The lowest BCUT2D eigenvalue weighted by Gasteiger charge is -2.01. The third-order valence-electron chi connectivity index (χ3n) is 2.35. The molecule has 1 N–H and O–H groups in total. The number of hydrogen-bond acceptors (Lipinski definition) is 3. The number of nitrogens with zero attached hydrogens (tertiary/aromatic N) is 2. The third kappa shape index (κ3) is 2.57. The number of aromatic nitrogens is 1. The molecule has 92 valence electrons. The van der Waals surface area contributed by atoms with E-state index in [0.29, 0.717) is 11.3 Å². The Bertz CT molecular complexity index is 632.